The molecule has 0 aromatic heterocycles. The van der Waals surface area contributed by atoms with E-state index in [0.717, 1.165) is 18.5 Å². The van der Waals surface area contributed by atoms with E-state index in [2.05, 4.69) is 42.0 Å². The van der Waals surface area contributed by atoms with E-state index in [9.17, 15) is 4.39 Å². The monoisotopic (exact) mass is 343 g/mol. The van der Waals surface area contributed by atoms with Gasteiger partial charge in [0.1, 0.15) is 5.82 Å². The summed E-state index contributed by atoms with van der Waals surface area (Å²) in [6, 6.07) is 5.74. The molecule has 1 aromatic rings. The summed E-state index contributed by atoms with van der Waals surface area (Å²) in [6.07, 6.45) is 5.81. The van der Waals surface area contributed by atoms with Gasteiger partial charge < -0.3 is 5.32 Å². The van der Waals surface area contributed by atoms with Gasteiger partial charge in [-0.05, 0) is 52.9 Å². The van der Waals surface area contributed by atoms with E-state index in [0.29, 0.717) is 16.4 Å². The minimum Gasteiger partial charge on any atom is -0.314 e. The number of likely N-dealkylation sites (N-methyl/N-ethyl adjacent to an activating group) is 1. The maximum Gasteiger partial charge on any atom is 0.137 e. The molecule has 0 aliphatic rings. The molecule has 0 aliphatic heterocycles. The number of halogens is 2. The maximum atomic E-state index is 13.6. The Morgan fingerprint density at radius 3 is 2.60 bits per heavy atom. The second-order valence-corrected chi connectivity index (χ2v) is 6.18. The van der Waals surface area contributed by atoms with Gasteiger partial charge in [0.05, 0.1) is 4.47 Å². The molecule has 114 valence electrons. The summed E-state index contributed by atoms with van der Waals surface area (Å²) in [5, 5.41) is 3.59. The topological polar surface area (TPSA) is 12.0 Å². The van der Waals surface area contributed by atoms with Crippen molar-refractivity contribution in [3.63, 3.8) is 0 Å². The number of benzene rings is 1. The number of unbranched alkanes of at least 4 members (excludes halogenated alkanes) is 1. The van der Waals surface area contributed by atoms with Crippen LogP contribution in [0.3, 0.4) is 0 Å². The summed E-state index contributed by atoms with van der Waals surface area (Å²) < 4.78 is 14.3. The van der Waals surface area contributed by atoms with Gasteiger partial charge in [-0.2, -0.15) is 0 Å². The van der Waals surface area contributed by atoms with Gasteiger partial charge in [0.15, 0.2) is 0 Å². The number of nitrogens with one attached hydrogen (secondary N) is 1. The molecule has 0 aliphatic carbocycles. The van der Waals surface area contributed by atoms with Crippen molar-refractivity contribution in [1.29, 1.82) is 0 Å². The molecule has 0 heterocycles. The third-order valence-electron chi connectivity index (χ3n) is 3.96. The van der Waals surface area contributed by atoms with E-state index in [1.54, 1.807) is 6.07 Å². The van der Waals surface area contributed by atoms with E-state index >= 15 is 0 Å². The largest absolute Gasteiger partial charge is 0.314 e. The summed E-state index contributed by atoms with van der Waals surface area (Å²) in [5.41, 5.74) is 1.06. The molecule has 0 saturated heterocycles. The molecular weight excluding hydrogens is 317 g/mol. The van der Waals surface area contributed by atoms with Crippen molar-refractivity contribution < 1.29 is 4.39 Å². The SMILES string of the molecule is CCCCC(CC)C(Cc1cccc(F)c1Br)NCC. The number of hydrogen-bond acceptors (Lipinski definition) is 1. The van der Waals surface area contributed by atoms with Crippen LogP contribution in [0.2, 0.25) is 0 Å². The smallest absolute Gasteiger partial charge is 0.137 e. The normalized spacial score (nSPS) is 14.2. The van der Waals surface area contributed by atoms with Crippen LogP contribution in [0.15, 0.2) is 22.7 Å². The standard InChI is InChI=1S/C17H27BrFN/c1-4-7-9-13(5-2)16(20-6-3)12-14-10-8-11-15(19)17(14)18/h8,10-11,13,16,20H,4-7,9,12H2,1-3H3. The Morgan fingerprint density at radius 2 is 2.00 bits per heavy atom. The highest BCUT2D eigenvalue weighted by atomic mass is 79.9. The third kappa shape index (κ3) is 5.17. The van der Waals surface area contributed by atoms with Gasteiger partial charge in [-0.1, -0.05) is 52.2 Å². The summed E-state index contributed by atoms with van der Waals surface area (Å²) in [4.78, 5) is 0. The van der Waals surface area contributed by atoms with Gasteiger partial charge in [0, 0.05) is 6.04 Å². The first-order valence-corrected chi connectivity index (χ1v) is 8.59. The fourth-order valence-electron chi connectivity index (χ4n) is 2.77. The van der Waals surface area contributed by atoms with E-state index in [1.165, 1.54) is 31.7 Å². The van der Waals surface area contributed by atoms with E-state index in [-0.39, 0.29) is 5.82 Å². The number of hydrogen-bond donors (Lipinski definition) is 1. The highest BCUT2D eigenvalue weighted by molar-refractivity contribution is 9.10. The minimum atomic E-state index is -0.167. The Labute approximate surface area is 131 Å². The molecule has 0 spiro atoms. The molecule has 2 unspecified atom stereocenters. The van der Waals surface area contributed by atoms with Crippen LogP contribution in [0.5, 0.6) is 0 Å². The van der Waals surface area contributed by atoms with Crippen LogP contribution >= 0.6 is 15.9 Å². The molecule has 20 heavy (non-hydrogen) atoms. The van der Waals surface area contributed by atoms with Crippen molar-refractivity contribution in [2.45, 2.75) is 58.9 Å². The molecule has 3 heteroatoms. The molecule has 2 atom stereocenters. The van der Waals surface area contributed by atoms with Gasteiger partial charge in [-0.25, -0.2) is 4.39 Å². The average Bonchev–Trinajstić information content (AvgIpc) is 2.44. The molecular formula is C17H27BrFN. The van der Waals surface area contributed by atoms with Crippen LogP contribution in [0.25, 0.3) is 0 Å². The van der Waals surface area contributed by atoms with Crippen molar-refractivity contribution in [2.24, 2.45) is 5.92 Å². The Bertz CT molecular complexity index is 395. The summed E-state index contributed by atoms with van der Waals surface area (Å²) in [6.45, 7) is 7.59. The molecule has 0 amide bonds. The first-order valence-electron chi connectivity index (χ1n) is 7.80. The summed E-state index contributed by atoms with van der Waals surface area (Å²) in [7, 11) is 0. The van der Waals surface area contributed by atoms with E-state index in [1.807, 2.05) is 6.07 Å². The molecule has 1 rings (SSSR count). The van der Waals surface area contributed by atoms with Crippen LogP contribution in [0, 0.1) is 11.7 Å². The molecule has 0 fully saturated rings. The predicted octanol–water partition coefficient (Wildman–Crippen LogP) is 5.33. The van der Waals surface area contributed by atoms with Crippen molar-refractivity contribution in [1.82, 2.24) is 5.32 Å². The lowest BCUT2D eigenvalue weighted by molar-refractivity contribution is 0.319. The van der Waals surface area contributed by atoms with Crippen LogP contribution < -0.4 is 5.32 Å². The van der Waals surface area contributed by atoms with Gasteiger partial charge in [-0.3, -0.25) is 0 Å². The molecule has 0 radical (unpaired) electrons. The van der Waals surface area contributed by atoms with Gasteiger partial charge in [-0.15, -0.1) is 0 Å². The quantitative estimate of drug-likeness (QED) is 0.639. The zero-order valence-corrected chi connectivity index (χ0v) is 14.5. The summed E-state index contributed by atoms with van der Waals surface area (Å²) in [5.74, 6) is 0.490. The molecule has 0 bridgehead atoms. The highest BCUT2D eigenvalue weighted by Gasteiger charge is 2.20. The van der Waals surface area contributed by atoms with Gasteiger partial charge in [0.2, 0.25) is 0 Å². The minimum absolute atomic E-state index is 0.167. The Morgan fingerprint density at radius 1 is 1.25 bits per heavy atom. The van der Waals surface area contributed by atoms with Crippen molar-refractivity contribution in [2.75, 3.05) is 6.54 Å². The first kappa shape index (κ1) is 17.6. The molecule has 1 nitrogen and oxygen atoms in total. The second kappa shape index (κ2) is 9.51. The van der Waals surface area contributed by atoms with E-state index < -0.39 is 0 Å². The molecule has 1 N–H and O–H groups in total. The zero-order chi connectivity index (χ0) is 15.0. The van der Waals surface area contributed by atoms with Crippen LogP contribution in [0.4, 0.5) is 4.39 Å². The average molecular weight is 344 g/mol. The van der Waals surface area contributed by atoms with Crippen LogP contribution in [-0.4, -0.2) is 12.6 Å². The van der Waals surface area contributed by atoms with Crippen LogP contribution in [-0.2, 0) is 6.42 Å². The Kier molecular flexibility index (Phi) is 8.39. The first-order chi connectivity index (χ1) is 9.63. The van der Waals surface area contributed by atoms with Crippen molar-refractivity contribution in [3.05, 3.63) is 34.1 Å². The molecule has 1 aromatic carbocycles. The van der Waals surface area contributed by atoms with E-state index in [4.69, 9.17) is 0 Å². The lowest BCUT2D eigenvalue weighted by Crippen LogP contribution is -2.38. The second-order valence-electron chi connectivity index (χ2n) is 5.39. The maximum absolute atomic E-state index is 13.6. The fourth-order valence-corrected chi connectivity index (χ4v) is 3.19. The molecule has 0 saturated carbocycles. The Hall–Kier alpha value is -0.410. The Balaban J connectivity index is 2.81. The summed E-state index contributed by atoms with van der Waals surface area (Å²) >= 11 is 3.38. The fraction of sp³-hybridized carbons (Fsp3) is 0.647. The lowest BCUT2D eigenvalue weighted by atomic mass is 9.87. The third-order valence-corrected chi connectivity index (χ3v) is 4.85. The number of rotatable bonds is 9. The van der Waals surface area contributed by atoms with Crippen molar-refractivity contribution >= 4 is 15.9 Å². The predicted molar refractivity (Wildman–Crippen MR) is 88.6 cm³/mol. The van der Waals surface area contributed by atoms with Crippen molar-refractivity contribution in [3.8, 4) is 0 Å². The van der Waals surface area contributed by atoms with Gasteiger partial charge >= 0.3 is 0 Å². The van der Waals surface area contributed by atoms with Crippen LogP contribution in [0.1, 0.15) is 52.0 Å². The highest BCUT2D eigenvalue weighted by Crippen LogP contribution is 2.25. The lowest BCUT2D eigenvalue weighted by Gasteiger charge is -2.27. The zero-order valence-electron chi connectivity index (χ0n) is 12.9. The van der Waals surface area contributed by atoms with Gasteiger partial charge in [0.25, 0.3) is 0 Å².